The number of halogens is 1. The second-order valence-corrected chi connectivity index (χ2v) is 3.93. The molecule has 0 aliphatic carbocycles. The van der Waals surface area contributed by atoms with Crippen LogP contribution >= 0.6 is 0 Å². The highest BCUT2D eigenvalue weighted by Crippen LogP contribution is 2.24. The zero-order chi connectivity index (χ0) is 11.7. The first-order chi connectivity index (χ1) is 7.63. The zero-order valence-electron chi connectivity index (χ0n) is 9.79. The molecule has 0 aliphatic heterocycles. The maximum atomic E-state index is 13.6. The normalized spacial score (nSPS) is 10.8. The molecule has 0 amide bonds. The maximum Gasteiger partial charge on any atom is 0.127 e. The van der Waals surface area contributed by atoms with Crippen LogP contribution in [0.4, 0.5) is 4.39 Å². The summed E-state index contributed by atoms with van der Waals surface area (Å²) in [5.41, 5.74) is 3.68. The molecule has 2 rings (SSSR count). The van der Waals surface area contributed by atoms with E-state index in [9.17, 15) is 4.39 Å². The largest absolute Gasteiger partial charge is 0.272 e. The van der Waals surface area contributed by atoms with Crippen molar-refractivity contribution < 1.29 is 4.39 Å². The smallest absolute Gasteiger partial charge is 0.127 e. The SMILES string of the molecule is CCc1ccc(-c2cnn(C)c2C)cc1F. The van der Waals surface area contributed by atoms with E-state index in [1.165, 1.54) is 0 Å². The van der Waals surface area contributed by atoms with E-state index in [2.05, 4.69) is 5.10 Å². The first-order valence-electron chi connectivity index (χ1n) is 5.41. The van der Waals surface area contributed by atoms with Crippen molar-refractivity contribution in [2.45, 2.75) is 20.3 Å². The standard InChI is InChI=1S/C13H15FN2/c1-4-10-5-6-11(7-13(10)14)12-8-15-16(3)9(12)2/h5-8H,4H2,1-3H3. The molecule has 2 aromatic rings. The van der Waals surface area contributed by atoms with Gasteiger partial charge >= 0.3 is 0 Å². The summed E-state index contributed by atoms with van der Waals surface area (Å²) in [7, 11) is 1.88. The molecule has 0 atom stereocenters. The minimum absolute atomic E-state index is 0.136. The number of hydrogen-bond donors (Lipinski definition) is 0. The Bertz CT molecular complexity index is 515. The van der Waals surface area contributed by atoms with Crippen LogP contribution in [0.5, 0.6) is 0 Å². The van der Waals surface area contributed by atoms with Gasteiger partial charge in [0.1, 0.15) is 5.82 Å². The van der Waals surface area contributed by atoms with E-state index in [4.69, 9.17) is 0 Å². The minimum atomic E-state index is -0.136. The number of aryl methyl sites for hydroxylation is 2. The van der Waals surface area contributed by atoms with Crippen molar-refractivity contribution in [1.29, 1.82) is 0 Å². The van der Waals surface area contributed by atoms with Crippen LogP contribution in [0, 0.1) is 12.7 Å². The van der Waals surface area contributed by atoms with Crippen LogP contribution in [0.15, 0.2) is 24.4 Å². The van der Waals surface area contributed by atoms with Gasteiger partial charge in [0.15, 0.2) is 0 Å². The van der Waals surface area contributed by atoms with Crippen LogP contribution in [0.1, 0.15) is 18.2 Å². The van der Waals surface area contributed by atoms with Gasteiger partial charge in [0.2, 0.25) is 0 Å². The predicted octanol–water partition coefficient (Wildman–Crippen LogP) is 3.10. The highest BCUT2D eigenvalue weighted by atomic mass is 19.1. The van der Waals surface area contributed by atoms with Gasteiger partial charge in [0.25, 0.3) is 0 Å². The molecular weight excluding hydrogens is 203 g/mol. The van der Waals surface area contributed by atoms with Crippen molar-refractivity contribution in [2.75, 3.05) is 0 Å². The number of benzene rings is 1. The fourth-order valence-corrected chi connectivity index (χ4v) is 1.78. The third kappa shape index (κ3) is 1.73. The summed E-state index contributed by atoms with van der Waals surface area (Å²) < 4.78 is 15.4. The van der Waals surface area contributed by atoms with E-state index in [1.54, 1.807) is 16.9 Å². The Morgan fingerprint density at radius 1 is 1.38 bits per heavy atom. The fraction of sp³-hybridized carbons (Fsp3) is 0.308. The van der Waals surface area contributed by atoms with E-state index in [0.29, 0.717) is 0 Å². The molecule has 0 aliphatic rings. The van der Waals surface area contributed by atoms with Crippen molar-refractivity contribution in [1.82, 2.24) is 9.78 Å². The Hall–Kier alpha value is -1.64. The molecule has 0 saturated carbocycles. The van der Waals surface area contributed by atoms with E-state index in [1.807, 2.05) is 33.0 Å². The van der Waals surface area contributed by atoms with Crippen LogP contribution < -0.4 is 0 Å². The van der Waals surface area contributed by atoms with Gasteiger partial charge in [-0.2, -0.15) is 5.10 Å². The molecule has 3 heteroatoms. The van der Waals surface area contributed by atoms with Crippen LogP contribution in [0.2, 0.25) is 0 Å². The number of hydrogen-bond acceptors (Lipinski definition) is 1. The van der Waals surface area contributed by atoms with E-state index in [0.717, 1.165) is 28.8 Å². The topological polar surface area (TPSA) is 17.8 Å². The lowest BCUT2D eigenvalue weighted by Crippen LogP contribution is -1.93. The summed E-state index contributed by atoms with van der Waals surface area (Å²) in [4.78, 5) is 0. The lowest BCUT2D eigenvalue weighted by molar-refractivity contribution is 0.613. The van der Waals surface area contributed by atoms with Crippen LogP contribution in [-0.4, -0.2) is 9.78 Å². The molecule has 1 aromatic carbocycles. The summed E-state index contributed by atoms with van der Waals surface area (Å²) in [6.07, 6.45) is 2.49. The molecule has 0 spiro atoms. The zero-order valence-corrected chi connectivity index (χ0v) is 9.79. The lowest BCUT2D eigenvalue weighted by Gasteiger charge is -2.04. The van der Waals surface area contributed by atoms with E-state index < -0.39 is 0 Å². The van der Waals surface area contributed by atoms with Crippen LogP contribution in [-0.2, 0) is 13.5 Å². The van der Waals surface area contributed by atoms with E-state index >= 15 is 0 Å². The Morgan fingerprint density at radius 2 is 2.12 bits per heavy atom. The molecule has 1 heterocycles. The second kappa shape index (κ2) is 4.08. The van der Waals surface area contributed by atoms with Gasteiger partial charge in [-0.1, -0.05) is 19.1 Å². The molecular formula is C13H15FN2. The summed E-state index contributed by atoms with van der Waals surface area (Å²) in [6.45, 7) is 3.93. The lowest BCUT2D eigenvalue weighted by atomic mass is 10.0. The summed E-state index contributed by atoms with van der Waals surface area (Å²) in [5, 5.41) is 4.16. The Balaban J connectivity index is 2.49. The molecule has 0 fully saturated rings. The van der Waals surface area contributed by atoms with Gasteiger partial charge in [-0.15, -0.1) is 0 Å². The maximum absolute atomic E-state index is 13.6. The Labute approximate surface area is 94.7 Å². The molecule has 0 N–H and O–H groups in total. The van der Waals surface area contributed by atoms with Gasteiger partial charge in [-0.05, 0) is 30.5 Å². The molecule has 0 unspecified atom stereocenters. The van der Waals surface area contributed by atoms with Crippen LogP contribution in [0.25, 0.3) is 11.1 Å². The highest BCUT2D eigenvalue weighted by molar-refractivity contribution is 5.65. The van der Waals surface area contributed by atoms with Crippen molar-refractivity contribution in [3.8, 4) is 11.1 Å². The molecule has 0 radical (unpaired) electrons. The number of nitrogens with zero attached hydrogens (tertiary/aromatic N) is 2. The van der Waals surface area contributed by atoms with Crippen LogP contribution in [0.3, 0.4) is 0 Å². The molecule has 2 nitrogen and oxygen atoms in total. The summed E-state index contributed by atoms with van der Waals surface area (Å²) >= 11 is 0. The van der Waals surface area contributed by atoms with Gasteiger partial charge in [-0.3, -0.25) is 4.68 Å². The van der Waals surface area contributed by atoms with Crippen molar-refractivity contribution >= 4 is 0 Å². The molecule has 1 aromatic heterocycles. The average molecular weight is 218 g/mol. The third-order valence-electron chi connectivity index (χ3n) is 2.98. The number of aromatic nitrogens is 2. The Kier molecular flexibility index (Phi) is 2.77. The van der Waals surface area contributed by atoms with Gasteiger partial charge in [-0.25, -0.2) is 4.39 Å². The van der Waals surface area contributed by atoms with Crippen molar-refractivity contribution in [3.63, 3.8) is 0 Å². The van der Waals surface area contributed by atoms with Gasteiger partial charge in [0.05, 0.1) is 6.20 Å². The average Bonchev–Trinajstić information content (AvgIpc) is 2.60. The minimum Gasteiger partial charge on any atom is -0.272 e. The first-order valence-corrected chi connectivity index (χ1v) is 5.41. The predicted molar refractivity (Wildman–Crippen MR) is 62.7 cm³/mol. The second-order valence-electron chi connectivity index (χ2n) is 3.93. The molecule has 0 bridgehead atoms. The third-order valence-corrected chi connectivity index (χ3v) is 2.98. The molecule has 16 heavy (non-hydrogen) atoms. The Morgan fingerprint density at radius 3 is 2.62 bits per heavy atom. The van der Waals surface area contributed by atoms with E-state index in [-0.39, 0.29) is 5.82 Å². The summed E-state index contributed by atoms with van der Waals surface area (Å²) in [6, 6.07) is 5.38. The van der Waals surface area contributed by atoms with Crippen molar-refractivity contribution in [2.24, 2.45) is 7.05 Å². The van der Waals surface area contributed by atoms with Crippen molar-refractivity contribution in [3.05, 3.63) is 41.5 Å². The highest BCUT2D eigenvalue weighted by Gasteiger charge is 2.08. The van der Waals surface area contributed by atoms with Gasteiger partial charge in [0, 0.05) is 18.3 Å². The first kappa shape index (κ1) is 10.9. The molecule has 84 valence electrons. The number of rotatable bonds is 2. The fourth-order valence-electron chi connectivity index (χ4n) is 1.78. The van der Waals surface area contributed by atoms with Gasteiger partial charge < -0.3 is 0 Å². The monoisotopic (exact) mass is 218 g/mol. The quantitative estimate of drug-likeness (QED) is 0.757. The summed E-state index contributed by atoms with van der Waals surface area (Å²) in [5.74, 6) is -0.136. The molecule has 0 saturated heterocycles.